The number of carbonyl (C=O) groups is 2. The molecule has 0 amide bonds. The molecule has 0 saturated heterocycles. The van der Waals surface area contributed by atoms with Gasteiger partial charge in [-0.15, -0.1) is 0 Å². The van der Waals surface area contributed by atoms with E-state index in [4.69, 9.17) is 0 Å². The van der Waals surface area contributed by atoms with Crippen LogP contribution in [0.1, 0.15) is 63.7 Å². The van der Waals surface area contributed by atoms with E-state index < -0.39 is 0 Å². The lowest BCUT2D eigenvalue weighted by Gasteiger charge is -2.26. The Morgan fingerprint density at radius 3 is 1.90 bits per heavy atom. The van der Waals surface area contributed by atoms with Crippen LogP contribution < -0.4 is 0 Å². The van der Waals surface area contributed by atoms with Crippen LogP contribution in [-0.4, -0.2) is 11.6 Å². The molecule has 106 valence electrons. The van der Waals surface area contributed by atoms with Gasteiger partial charge in [0.25, 0.3) is 0 Å². The highest BCUT2D eigenvalue weighted by Crippen LogP contribution is 2.34. The summed E-state index contributed by atoms with van der Waals surface area (Å²) in [6.45, 7) is 8.29. The summed E-state index contributed by atoms with van der Waals surface area (Å²) in [5.74, 6) is -0.0902. The first-order valence-electron chi connectivity index (χ1n) is 7.15. The van der Waals surface area contributed by atoms with E-state index in [-0.39, 0.29) is 17.0 Å². The van der Waals surface area contributed by atoms with Crippen molar-refractivity contribution >= 4 is 11.6 Å². The van der Waals surface area contributed by atoms with Gasteiger partial charge in [-0.3, -0.25) is 9.59 Å². The first-order valence-corrected chi connectivity index (χ1v) is 7.15. The summed E-state index contributed by atoms with van der Waals surface area (Å²) in [7, 11) is 0. The van der Waals surface area contributed by atoms with Gasteiger partial charge in [0.15, 0.2) is 11.6 Å². The van der Waals surface area contributed by atoms with Crippen LogP contribution >= 0.6 is 0 Å². The molecule has 0 saturated carbocycles. The van der Waals surface area contributed by atoms with Crippen LogP contribution in [-0.2, 0) is 5.41 Å². The Labute approximate surface area is 124 Å². The van der Waals surface area contributed by atoms with Crippen molar-refractivity contribution in [1.29, 1.82) is 0 Å². The minimum Gasteiger partial charge on any atom is -0.289 e. The molecule has 0 N–H and O–H groups in total. The summed E-state index contributed by atoms with van der Waals surface area (Å²) in [6, 6.07) is 10.9. The highest BCUT2D eigenvalue weighted by atomic mass is 16.1. The van der Waals surface area contributed by atoms with E-state index in [1.54, 1.807) is 30.3 Å². The van der Waals surface area contributed by atoms with Crippen molar-refractivity contribution < 1.29 is 9.59 Å². The molecule has 3 rings (SSSR count). The fourth-order valence-corrected chi connectivity index (χ4v) is 3.16. The van der Waals surface area contributed by atoms with E-state index in [0.717, 1.165) is 11.1 Å². The Kier molecular flexibility index (Phi) is 2.87. The minimum absolute atomic E-state index is 0.0381. The number of hydrogen-bond acceptors (Lipinski definition) is 2. The molecule has 0 fully saturated rings. The van der Waals surface area contributed by atoms with Gasteiger partial charge in [-0.25, -0.2) is 0 Å². The summed E-state index contributed by atoms with van der Waals surface area (Å²) < 4.78 is 0. The topological polar surface area (TPSA) is 34.1 Å². The van der Waals surface area contributed by atoms with Crippen LogP contribution in [0.4, 0.5) is 0 Å². The smallest absolute Gasteiger partial charge is 0.194 e. The molecule has 0 heterocycles. The second kappa shape index (κ2) is 4.39. The molecule has 2 aromatic carbocycles. The third-order valence-corrected chi connectivity index (χ3v) is 4.16. The van der Waals surface area contributed by atoms with Crippen molar-refractivity contribution in [2.24, 2.45) is 0 Å². The van der Waals surface area contributed by atoms with E-state index in [2.05, 4.69) is 20.8 Å². The number of fused-ring (bicyclic) bond motifs is 2. The van der Waals surface area contributed by atoms with E-state index in [9.17, 15) is 9.59 Å². The zero-order chi connectivity index (χ0) is 15.4. The first-order chi connectivity index (χ1) is 9.82. The molecule has 1 aliphatic carbocycles. The second-order valence-electron chi connectivity index (χ2n) is 6.61. The minimum atomic E-state index is -0.0561. The lowest BCUT2D eigenvalue weighted by molar-refractivity contribution is 0.0978. The maximum Gasteiger partial charge on any atom is 0.194 e. The van der Waals surface area contributed by atoms with Gasteiger partial charge >= 0.3 is 0 Å². The van der Waals surface area contributed by atoms with Crippen LogP contribution in [0.3, 0.4) is 0 Å². The number of carbonyl (C=O) groups excluding carboxylic acids is 2. The molecule has 0 radical (unpaired) electrons. The van der Waals surface area contributed by atoms with Gasteiger partial charge in [-0.2, -0.15) is 0 Å². The van der Waals surface area contributed by atoms with Crippen molar-refractivity contribution in [1.82, 2.24) is 0 Å². The van der Waals surface area contributed by atoms with Gasteiger partial charge in [0.1, 0.15) is 0 Å². The number of hydrogen-bond donors (Lipinski definition) is 0. The first kappa shape index (κ1) is 13.7. The summed E-state index contributed by atoms with van der Waals surface area (Å²) in [5, 5.41) is 0. The highest BCUT2D eigenvalue weighted by Gasteiger charge is 2.32. The average Bonchev–Trinajstić information content (AvgIpc) is 2.43. The lowest BCUT2D eigenvalue weighted by atomic mass is 9.76. The standard InChI is InChI=1S/C19H18O2/c1-11-15(19(2,3)4)10-9-14-16(11)18(21)13-8-6-5-7-12(13)17(14)20/h5-10H,1-4H3. The van der Waals surface area contributed by atoms with Crippen LogP contribution in [0.25, 0.3) is 0 Å². The van der Waals surface area contributed by atoms with Gasteiger partial charge in [-0.05, 0) is 29.5 Å². The molecule has 0 spiro atoms. The van der Waals surface area contributed by atoms with Gasteiger partial charge in [0, 0.05) is 22.3 Å². The maximum atomic E-state index is 12.8. The molecular weight excluding hydrogens is 260 g/mol. The summed E-state index contributed by atoms with van der Waals surface area (Å²) in [6.07, 6.45) is 0. The Bertz CT molecular complexity index is 777. The summed E-state index contributed by atoms with van der Waals surface area (Å²) in [4.78, 5) is 25.4. The van der Waals surface area contributed by atoms with Gasteiger partial charge in [0.2, 0.25) is 0 Å². The largest absolute Gasteiger partial charge is 0.289 e. The zero-order valence-corrected chi connectivity index (χ0v) is 12.8. The van der Waals surface area contributed by atoms with Crippen molar-refractivity contribution in [2.45, 2.75) is 33.1 Å². The molecule has 0 aromatic heterocycles. The number of rotatable bonds is 0. The van der Waals surface area contributed by atoms with E-state index in [0.29, 0.717) is 22.3 Å². The Hall–Kier alpha value is -2.22. The molecule has 2 nitrogen and oxygen atoms in total. The Morgan fingerprint density at radius 1 is 0.762 bits per heavy atom. The zero-order valence-electron chi connectivity index (χ0n) is 12.8. The highest BCUT2D eigenvalue weighted by molar-refractivity contribution is 6.28. The van der Waals surface area contributed by atoms with Crippen LogP contribution in [0.15, 0.2) is 36.4 Å². The Morgan fingerprint density at radius 2 is 1.33 bits per heavy atom. The number of ketones is 2. The summed E-state index contributed by atoms with van der Waals surface area (Å²) in [5.41, 5.74) is 4.12. The van der Waals surface area contributed by atoms with Crippen LogP contribution in [0.2, 0.25) is 0 Å². The van der Waals surface area contributed by atoms with E-state index >= 15 is 0 Å². The van der Waals surface area contributed by atoms with Crippen LogP contribution in [0.5, 0.6) is 0 Å². The molecule has 21 heavy (non-hydrogen) atoms. The quantitative estimate of drug-likeness (QED) is 0.621. The van der Waals surface area contributed by atoms with Crippen molar-refractivity contribution in [2.75, 3.05) is 0 Å². The fraction of sp³-hybridized carbons (Fsp3) is 0.263. The van der Waals surface area contributed by atoms with Crippen molar-refractivity contribution in [3.63, 3.8) is 0 Å². The molecule has 2 heteroatoms. The van der Waals surface area contributed by atoms with Crippen molar-refractivity contribution in [3.05, 3.63) is 69.8 Å². The molecular formula is C19H18O2. The SMILES string of the molecule is Cc1c(C(C)(C)C)ccc2c1C(=O)c1ccccc1C2=O. The molecule has 2 aromatic rings. The molecule has 0 aliphatic heterocycles. The molecule has 0 bridgehead atoms. The predicted octanol–water partition coefficient (Wildman–Crippen LogP) is 4.07. The Balaban J connectivity index is 2.32. The third-order valence-electron chi connectivity index (χ3n) is 4.16. The fourth-order valence-electron chi connectivity index (χ4n) is 3.16. The summed E-state index contributed by atoms with van der Waals surface area (Å²) >= 11 is 0. The van der Waals surface area contributed by atoms with Crippen LogP contribution in [0, 0.1) is 6.92 Å². The van der Waals surface area contributed by atoms with Gasteiger partial charge < -0.3 is 0 Å². The third kappa shape index (κ3) is 1.94. The molecule has 0 atom stereocenters. The van der Waals surface area contributed by atoms with Crippen molar-refractivity contribution in [3.8, 4) is 0 Å². The van der Waals surface area contributed by atoms with Gasteiger partial charge in [0.05, 0.1) is 0 Å². The normalized spacial score (nSPS) is 13.9. The second-order valence-corrected chi connectivity index (χ2v) is 6.61. The molecule has 0 unspecified atom stereocenters. The monoisotopic (exact) mass is 278 g/mol. The van der Waals surface area contributed by atoms with E-state index in [1.807, 2.05) is 13.0 Å². The number of benzene rings is 2. The average molecular weight is 278 g/mol. The van der Waals surface area contributed by atoms with Gasteiger partial charge in [-0.1, -0.05) is 51.1 Å². The molecule has 1 aliphatic rings. The predicted molar refractivity (Wildman–Crippen MR) is 83.2 cm³/mol. The maximum absolute atomic E-state index is 12.8. The lowest BCUT2D eigenvalue weighted by Crippen LogP contribution is -2.24. The van der Waals surface area contributed by atoms with E-state index in [1.165, 1.54) is 0 Å².